The van der Waals surface area contributed by atoms with Gasteiger partial charge in [-0.05, 0) is 88.8 Å². The predicted octanol–water partition coefficient (Wildman–Crippen LogP) is 18.9. The lowest BCUT2D eigenvalue weighted by Gasteiger charge is -2.13. The minimum Gasteiger partial charge on any atom is -0.308 e. The Morgan fingerprint density at radius 1 is 0.395 bits per heavy atom. The van der Waals surface area contributed by atoms with E-state index in [1.165, 1.54) is 69.4 Å². The number of aromatic nitrogens is 5. The van der Waals surface area contributed by atoms with Crippen molar-refractivity contribution in [3.63, 3.8) is 0 Å². The number of para-hydroxylation sites is 2. The standard InChI is InChI=1S/C70H47N5S/c1-3-4-7-19-45(2)46-32-34-49(35-33-46)68-71-69(73-70(72-68)61-29-13-12-26-54(61)48-22-10-6-11-23-48)50-36-38-52(39-37-50)74-62-30-16-14-27-55(62)57-40-42-59-60-43-41-58-56-28-15-17-31-63(56)75(65(58)67(60)76-66(59)64(57)74)53-25-18-24-51(44-53)47-20-8-5-9-21-47/h3-44H,1H2,2H3/b7-4-,45-19+. The van der Waals surface area contributed by atoms with E-state index in [1.54, 1.807) is 6.08 Å². The number of thiophene rings is 1. The number of benzene rings is 10. The lowest BCUT2D eigenvalue weighted by Crippen LogP contribution is -2.01. The highest BCUT2D eigenvalue weighted by molar-refractivity contribution is 7.27. The van der Waals surface area contributed by atoms with Gasteiger partial charge in [-0.1, -0.05) is 213 Å². The van der Waals surface area contributed by atoms with E-state index >= 15 is 0 Å². The molecule has 0 aliphatic rings. The average molecular weight is 990 g/mol. The van der Waals surface area contributed by atoms with E-state index in [-0.39, 0.29) is 0 Å². The molecule has 10 aromatic carbocycles. The van der Waals surface area contributed by atoms with Crippen LogP contribution in [0.1, 0.15) is 12.5 Å². The maximum absolute atomic E-state index is 5.27. The van der Waals surface area contributed by atoms with Gasteiger partial charge in [0.2, 0.25) is 0 Å². The Morgan fingerprint density at radius 3 is 1.51 bits per heavy atom. The fourth-order valence-electron chi connectivity index (χ4n) is 11.1. The molecular weight excluding hydrogens is 943 g/mol. The zero-order valence-electron chi connectivity index (χ0n) is 41.6. The van der Waals surface area contributed by atoms with Crippen molar-refractivity contribution in [2.45, 2.75) is 6.92 Å². The first-order valence-corrected chi connectivity index (χ1v) is 26.4. The SMILES string of the molecule is C=C/C=C\C=C(/C)c1ccc(-c2nc(-c3ccc(-n4c5ccccc5c5ccc6c7ccc8c9ccccc9n(-c9cccc(-c%10ccccc%10)c9)c8c7sc6c54)cc3)nc(-c3ccccc3-c3ccccc3)n2)cc1. The first kappa shape index (κ1) is 44.9. The highest BCUT2D eigenvalue weighted by atomic mass is 32.1. The lowest BCUT2D eigenvalue weighted by atomic mass is 9.99. The van der Waals surface area contributed by atoms with Gasteiger partial charge in [-0.2, -0.15) is 0 Å². The van der Waals surface area contributed by atoms with E-state index in [0.717, 1.165) is 55.8 Å². The van der Waals surface area contributed by atoms with Gasteiger partial charge in [0.05, 0.1) is 31.5 Å². The van der Waals surface area contributed by atoms with Crippen molar-refractivity contribution in [1.82, 2.24) is 24.1 Å². The van der Waals surface area contributed by atoms with Gasteiger partial charge in [0.25, 0.3) is 0 Å². The van der Waals surface area contributed by atoms with Gasteiger partial charge in [-0.15, -0.1) is 11.3 Å². The molecule has 5 nitrogen and oxygen atoms in total. The Labute approximate surface area is 444 Å². The molecule has 0 unspecified atom stereocenters. The number of rotatable bonds is 10. The third-order valence-electron chi connectivity index (χ3n) is 14.7. The van der Waals surface area contributed by atoms with Crippen molar-refractivity contribution in [3.05, 3.63) is 267 Å². The second-order valence-corrected chi connectivity index (χ2v) is 20.2. The van der Waals surface area contributed by atoms with Crippen LogP contribution in [0.15, 0.2) is 261 Å². The maximum atomic E-state index is 5.27. The molecule has 4 aromatic heterocycles. The van der Waals surface area contributed by atoms with Crippen molar-refractivity contribution in [2.24, 2.45) is 0 Å². The zero-order valence-corrected chi connectivity index (χ0v) is 42.4. The van der Waals surface area contributed by atoms with Crippen molar-refractivity contribution in [3.8, 4) is 67.8 Å². The van der Waals surface area contributed by atoms with Gasteiger partial charge in [0.1, 0.15) is 0 Å². The van der Waals surface area contributed by atoms with E-state index in [9.17, 15) is 0 Å². The molecule has 0 radical (unpaired) electrons. The minimum absolute atomic E-state index is 0.604. The Bertz CT molecular complexity index is 4630. The minimum atomic E-state index is 0.604. The number of hydrogen-bond acceptors (Lipinski definition) is 4. The number of allylic oxidation sites excluding steroid dienone is 5. The van der Waals surface area contributed by atoms with Crippen molar-refractivity contribution in [2.75, 3.05) is 0 Å². The summed E-state index contributed by atoms with van der Waals surface area (Å²) in [6.45, 7) is 5.92. The summed E-state index contributed by atoms with van der Waals surface area (Å²) in [6.07, 6.45) is 7.82. The quantitative estimate of drug-likeness (QED) is 0.128. The zero-order chi connectivity index (χ0) is 50.7. The fraction of sp³-hybridized carbons (Fsp3) is 0.0143. The summed E-state index contributed by atoms with van der Waals surface area (Å²) in [5.74, 6) is 1.83. The summed E-state index contributed by atoms with van der Waals surface area (Å²) in [6, 6.07) is 82.6. The van der Waals surface area contributed by atoms with E-state index in [2.05, 4.69) is 253 Å². The molecule has 0 atom stereocenters. The van der Waals surface area contributed by atoms with Crippen LogP contribution in [0.4, 0.5) is 0 Å². The molecule has 14 rings (SSSR count). The van der Waals surface area contributed by atoms with Crippen molar-refractivity contribution < 1.29 is 0 Å². The van der Waals surface area contributed by atoms with Crippen LogP contribution in [0.5, 0.6) is 0 Å². The van der Waals surface area contributed by atoms with Crippen molar-refractivity contribution >= 4 is 80.7 Å². The Kier molecular flexibility index (Phi) is 11.0. The Hall–Kier alpha value is -9.75. The molecule has 0 fully saturated rings. The molecule has 76 heavy (non-hydrogen) atoms. The molecule has 0 N–H and O–H groups in total. The predicted molar refractivity (Wildman–Crippen MR) is 322 cm³/mol. The van der Waals surface area contributed by atoms with E-state index in [4.69, 9.17) is 15.0 Å². The molecule has 6 heteroatoms. The molecule has 0 saturated carbocycles. The normalized spacial score (nSPS) is 12.1. The molecule has 358 valence electrons. The molecular formula is C70H47N5S. The Morgan fingerprint density at radius 2 is 0.895 bits per heavy atom. The topological polar surface area (TPSA) is 48.5 Å². The van der Waals surface area contributed by atoms with Gasteiger partial charge in [-0.3, -0.25) is 0 Å². The van der Waals surface area contributed by atoms with Crippen LogP contribution in [0.3, 0.4) is 0 Å². The molecule has 0 bridgehead atoms. The molecule has 0 spiro atoms. The molecule has 0 aliphatic heterocycles. The summed E-state index contributed by atoms with van der Waals surface area (Å²) in [4.78, 5) is 15.7. The summed E-state index contributed by atoms with van der Waals surface area (Å²) in [5, 5.41) is 7.42. The molecule has 0 saturated heterocycles. The largest absolute Gasteiger partial charge is 0.308 e. The second kappa shape index (κ2) is 18.6. The Balaban J connectivity index is 0.935. The molecule has 0 amide bonds. The first-order valence-electron chi connectivity index (χ1n) is 25.6. The van der Waals surface area contributed by atoms with Gasteiger partial charge in [0.15, 0.2) is 17.5 Å². The maximum Gasteiger partial charge on any atom is 0.164 e. The summed E-state index contributed by atoms with van der Waals surface area (Å²) in [5.41, 5.74) is 16.5. The number of nitrogens with zero attached hydrogens (tertiary/aromatic N) is 5. The summed E-state index contributed by atoms with van der Waals surface area (Å²) >= 11 is 1.90. The summed E-state index contributed by atoms with van der Waals surface area (Å²) in [7, 11) is 0. The van der Waals surface area contributed by atoms with E-state index < -0.39 is 0 Å². The molecule has 4 heterocycles. The lowest BCUT2D eigenvalue weighted by molar-refractivity contribution is 1.07. The van der Waals surface area contributed by atoms with Crippen LogP contribution in [0, 0.1) is 0 Å². The van der Waals surface area contributed by atoms with Crippen LogP contribution >= 0.6 is 11.3 Å². The number of hydrogen-bond donors (Lipinski definition) is 0. The monoisotopic (exact) mass is 989 g/mol. The third kappa shape index (κ3) is 7.57. The second-order valence-electron chi connectivity index (χ2n) is 19.2. The smallest absolute Gasteiger partial charge is 0.164 e. The average Bonchev–Trinajstić information content (AvgIpc) is 4.33. The number of fused-ring (bicyclic) bond motifs is 11. The van der Waals surface area contributed by atoms with E-state index in [0.29, 0.717) is 17.5 Å². The van der Waals surface area contributed by atoms with Gasteiger partial charge in [-0.25, -0.2) is 15.0 Å². The van der Waals surface area contributed by atoms with E-state index in [1.807, 2.05) is 29.6 Å². The molecule has 14 aromatic rings. The highest BCUT2D eigenvalue weighted by Gasteiger charge is 2.23. The van der Waals surface area contributed by atoms with Crippen LogP contribution in [0.2, 0.25) is 0 Å². The van der Waals surface area contributed by atoms with Gasteiger partial charge in [0, 0.05) is 60.4 Å². The van der Waals surface area contributed by atoms with Crippen LogP contribution in [-0.2, 0) is 0 Å². The van der Waals surface area contributed by atoms with Crippen molar-refractivity contribution in [1.29, 1.82) is 0 Å². The highest BCUT2D eigenvalue weighted by Crippen LogP contribution is 2.47. The van der Waals surface area contributed by atoms with Crippen LogP contribution < -0.4 is 0 Å². The summed E-state index contributed by atoms with van der Waals surface area (Å²) < 4.78 is 7.46. The van der Waals surface area contributed by atoms with Gasteiger partial charge >= 0.3 is 0 Å². The van der Waals surface area contributed by atoms with Crippen LogP contribution in [0.25, 0.3) is 137 Å². The molecule has 0 aliphatic carbocycles. The first-order chi connectivity index (χ1) is 37.6. The van der Waals surface area contributed by atoms with Gasteiger partial charge < -0.3 is 9.13 Å². The van der Waals surface area contributed by atoms with Crippen LogP contribution in [-0.4, -0.2) is 24.1 Å². The fourth-order valence-corrected chi connectivity index (χ4v) is 12.5. The third-order valence-corrected chi connectivity index (χ3v) is 16.0.